The Morgan fingerprint density at radius 3 is 2.50 bits per heavy atom. The van der Waals surface area contributed by atoms with Crippen molar-refractivity contribution >= 4 is 22.5 Å². The number of carbonyl (C=O) groups excluding carboxylic acids is 1. The lowest BCUT2D eigenvalue weighted by Gasteiger charge is -2.09. The summed E-state index contributed by atoms with van der Waals surface area (Å²) in [5.41, 5.74) is 1.26. The van der Waals surface area contributed by atoms with E-state index in [0.29, 0.717) is 16.5 Å². The van der Waals surface area contributed by atoms with Crippen LogP contribution in [-0.4, -0.2) is 16.0 Å². The Bertz CT molecular complexity index is 911. The number of aromatic nitrogens is 1. The average Bonchev–Trinajstić information content (AvgIpc) is 2.52. The van der Waals surface area contributed by atoms with Gasteiger partial charge in [-0.3, -0.25) is 9.59 Å². The number of H-pyrrole nitrogens is 1. The molecule has 0 spiro atoms. The van der Waals surface area contributed by atoms with Gasteiger partial charge in [-0.15, -0.1) is 0 Å². The van der Waals surface area contributed by atoms with Crippen LogP contribution in [0.5, 0.6) is 5.75 Å². The molecule has 0 radical (unpaired) electrons. The standard InChI is InChI=1S/C17H14N2O3/c1-10-6-8-11(9-7-10)16(21)19-14-15(20)12-4-2-3-5-13(12)18-17(14)22/h2-9H,1H3,(H,19,21)(H2,18,20,22). The van der Waals surface area contributed by atoms with Crippen LogP contribution in [0.1, 0.15) is 15.9 Å². The molecule has 0 bridgehead atoms. The van der Waals surface area contributed by atoms with E-state index in [1.54, 1.807) is 48.5 Å². The minimum Gasteiger partial charge on any atom is -0.505 e. The molecule has 1 aromatic heterocycles. The van der Waals surface area contributed by atoms with Crippen molar-refractivity contribution in [1.82, 2.24) is 4.98 Å². The van der Waals surface area contributed by atoms with Gasteiger partial charge in [-0.05, 0) is 31.2 Å². The van der Waals surface area contributed by atoms with E-state index >= 15 is 0 Å². The van der Waals surface area contributed by atoms with Crippen molar-refractivity contribution < 1.29 is 9.90 Å². The molecule has 0 aliphatic rings. The van der Waals surface area contributed by atoms with Crippen molar-refractivity contribution in [3.63, 3.8) is 0 Å². The quantitative estimate of drug-likeness (QED) is 0.679. The number of aryl methyl sites for hydroxylation is 1. The third-order valence-electron chi connectivity index (χ3n) is 3.45. The minimum absolute atomic E-state index is 0.149. The van der Waals surface area contributed by atoms with Crippen molar-refractivity contribution in [3.05, 3.63) is 70.0 Å². The lowest BCUT2D eigenvalue weighted by Crippen LogP contribution is -2.20. The third kappa shape index (κ3) is 2.44. The summed E-state index contributed by atoms with van der Waals surface area (Å²) in [7, 11) is 0. The molecular formula is C17H14N2O3. The number of pyridine rings is 1. The molecule has 0 aliphatic heterocycles. The van der Waals surface area contributed by atoms with Gasteiger partial charge in [0, 0.05) is 10.9 Å². The number of aromatic hydroxyl groups is 1. The summed E-state index contributed by atoms with van der Waals surface area (Å²) in [5.74, 6) is -0.684. The van der Waals surface area contributed by atoms with Gasteiger partial charge >= 0.3 is 0 Å². The summed E-state index contributed by atoms with van der Waals surface area (Å²) in [5, 5.41) is 13.2. The zero-order valence-corrected chi connectivity index (χ0v) is 11.9. The number of fused-ring (bicyclic) bond motifs is 1. The predicted molar refractivity (Wildman–Crippen MR) is 85.4 cm³/mol. The highest BCUT2D eigenvalue weighted by Crippen LogP contribution is 2.28. The first-order valence-corrected chi connectivity index (χ1v) is 6.78. The number of benzene rings is 2. The highest BCUT2D eigenvalue weighted by molar-refractivity contribution is 6.06. The van der Waals surface area contributed by atoms with E-state index < -0.39 is 11.5 Å². The van der Waals surface area contributed by atoms with Crippen molar-refractivity contribution in [2.24, 2.45) is 0 Å². The number of hydrogen-bond donors (Lipinski definition) is 3. The van der Waals surface area contributed by atoms with E-state index in [2.05, 4.69) is 10.3 Å². The number of carbonyl (C=O) groups is 1. The fourth-order valence-electron chi connectivity index (χ4n) is 2.23. The highest BCUT2D eigenvalue weighted by Gasteiger charge is 2.15. The Balaban J connectivity index is 2.02. The second kappa shape index (κ2) is 5.37. The van der Waals surface area contributed by atoms with Crippen molar-refractivity contribution in [2.45, 2.75) is 6.92 Å². The van der Waals surface area contributed by atoms with Crippen LogP contribution in [0.3, 0.4) is 0 Å². The zero-order chi connectivity index (χ0) is 15.7. The topological polar surface area (TPSA) is 82.2 Å². The Morgan fingerprint density at radius 1 is 1.09 bits per heavy atom. The van der Waals surface area contributed by atoms with Crippen molar-refractivity contribution in [2.75, 3.05) is 5.32 Å². The Kier molecular flexibility index (Phi) is 3.39. The lowest BCUT2D eigenvalue weighted by atomic mass is 10.1. The van der Waals surface area contributed by atoms with Crippen LogP contribution in [0.15, 0.2) is 53.3 Å². The number of aromatic amines is 1. The van der Waals surface area contributed by atoms with E-state index in [0.717, 1.165) is 5.56 Å². The van der Waals surface area contributed by atoms with Gasteiger partial charge < -0.3 is 15.4 Å². The van der Waals surface area contributed by atoms with Gasteiger partial charge in [0.1, 0.15) is 0 Å². The summed E-state index contributed by atoms with van der Waals surface area (Å²) in [6.07, 6.45) is 0. The van der Waals surface area contributed by atoms with Gasteiger partial charge in [0.15, 0.2) is 11.4 Å². The first-order chi connectivity index (χ1) is 10.6. The number of para-hydroxylation sites is 1. The molecule has 5 nitrogen and oxygen atoms in total. The number of amides is 1. The summed E-state index contributed by atoms with van der Waals surface area (Å²) in [6.45, 7) is 1.92. The molecule has 2 aromatic carbocycles. The molecule has 110 valence electrons. The molecule has 0 fully saturated rings. The minimum atomic E-state index is -0.545. The van der Waals surface area contributed by atoms with Crippen LogP contribution in [0.4, 0.5) is 5.69 Å². The highest BCUT2D eigenvalue weighted by atomic mass is 16.3. The summed E-state index contributed by atoms with van der Waals surface area (Å²) in [4.78, 5) is 26.9. The smallest absolute Gasteiger partial charge is 0.276 e. The fraction of sp³-hybridized carbons (Fsp3) is 0.0588. The monoisotopic (exact) mass is 294 g/mol. The maximum atomic E-state index is 12.2. The largest absolute Gasteiger partial charge is 0.505 e. The van der Waals surface area contributed by atoms with E-state index in [1.807, 2.05) is 6.92 Å². The number of rotatable bonds is 2. The molecule has 3 aromatic rings. The molecule has 0 unspecified atom stereocenters. The van der Waals surface area contributed by atoms with Crippen LogP contribution < -0.4 is 10.9 Å². The molecule has 0 aliphatic carbocycles. The summed E-state index contributed by atoms with van der Waals surface area (Å²) in [6, 6.07) is 13.8. The molecule has 1 heterocycles. The molecule has 0 atom stereocenters. The third-order valence-corrected chi connectivity index (χ3v) is 3.45. The first kappa shape index (κ1) is 13.9. The molecule has 0 saturated carbocycles. The van der Waals surface area contributed by atoms with Gasteiger partial charge in [0.05, 0.1) is 5.52 Å². The predicted octanol–water partition coefficient (Wildman–Crippen LogP) is 2.79. The zero-order valence-electron chi connectivity index (χ0n) is 11.9. The molecule has 3 N–H and O–H groups in total. The molecule has 0 saturated heterocycles. The number of nitrogens with one attached hydrogen (secondary N) is 2. The summed E-state index contributed by atoms with van der Waals surface area (Å²) < 4.78 is 0. The van der Waals surface area contributed by atoms with Crippen LogP contribution in [0.2, 0.25) is 0 Å². The van der Waals surface area contributed by atoms with Crippen molar-refractivity contribution in [1.29, 1.82) is 0 Å². The van der Waals surface area contributed by atoms with Gasteiger partial charge in [0.25, 0.3) is 11.5 Å². The Labute approximate surface area is 126 Å². The maximum absolute atomic E-state index is 12.2. The van der Waals surface area contributed by atoms with Gasteiger partial charge in [-0.1, -0.05) is 29.8 Å². The van der Waals surface area contributed by atoms with E-state index in [9.17, 15) is 14.7 Å². The van der Waals surface area contributed by atoms with Crippen LogP contribution in [0.25, 0.3) is 10.9 Å². The lowest BCUT2D eigenvalue weighted by molar-refractivity contribution is 0.102. The van der Waals surface area contributed by atoms with Crippen molar-refractivity contribution in [3.8, 4) is 5.75 Å². The molecule has 1 amide bonds. The molecule has 22 heavy (non-hydrogen) atoms. The average molecular weight is 294 g/mol. The molecule has 3 rings (SSSR count). The molecular weight excluding hydrogens is 280 g/mol. The van der Waals surface area contributed by atoms with Crippen LogP contribution >= 0.6 is 0 Å². The Morgan fingerprint density at radius 2 is 1.77 bits per heavy atom. The second-order valence-corrected chi connectivity index (χ2v) is 5.04. The van der Waals surface area contributed by atoms with E-state index in [4.69, 9.17) is 0 Å². The van der Waals surface area contributed by atoms with Gasteiger partial charge in [-0.2, -0.15) is 0 Å². The fourth-order valence-corrected chi connectivity index (χ4v) is 2.23. The maximum Gasteiger partial charge on any atom is 0.276 e. The van der Waals surface area contributed by atoms with E-state index in [-0.39, 0.29) is 11.4 Å². The van der Waals surface area contributed by atoms with Crippen LogP contribution in [-0.2, 0) is 0 Å². The van der Waals surface area contributed by atoms with Gasteiger partial charge in [0.2, 0.25) is 0 Å². The van der Waals surface area contributed by atoms with Crippen LogP contribution in [0, 0.1) is 6.92 Å². The van der Waals surface area contributed by atoms with E-state index in [1.165, 1.54) is 0 Å². The molecule has 5 heteroatoms. The number of hydrogen-bond acceptors (Lipinski definition) is 3. The summed E-state index contributed by atoms with van der Waals surface area (Å²) >= 11 is 0. The van der Waals surface area contributed by atoms with Gasteiger partial charge in [-0.25, -0.2) is 0 Å². The second-order valence-electron chi connectivity index (χ2n) is 5.04. The normalized spacial score (nSPS) is 10.6. The number of anilines is 1. The SMILES string of the molecule is Cc1ccc(C(=O)Nc2c(O)c3ccccc3[nH]c2=O)cc1. The Hall–Kier alpha value is -3.08. The first-order valence-electron chi connectivity index (χ1n) is 6.78.